The van der Waals surface area contributed by atoms with Crippen LogP contribution in [0.25, 0.3) is 0 Å². The second kappa shape index (κ2) is 4.59. The summed E-state index contributed by atoms with van der Waals surface area (Å²) in [6.45, 7) is 0.305. The number of rotatable bonds is 1. The molecule has 3 rings (SSSR count). The van der Waals surface area contributed by atoms with E-state index in [2.05, 4.69) is 21.2 Å². The van der Waals surface area contributed by atoms with Crippen LogP contribution in [0.4, 0.5) is 5.69 Å². The number of fused-ring (bicyclic) bond motifs is 1. The van der Waals surface area contributed by atoms with Gasteiger partial charge in [-0.2, -0.15) is 0 Å². The lowest BCUT2D eigenvalue weighted by atomic mass is 10.0. The Balaban J connectivity index is 1.92. The lowest BCUT2D eigenvalue weighted by molar-refractivity contribution is -0.136. The maximum Gasteiger partial charge on any atom is 0.255 e. The minimum absolute atomic E-state index is 0.220. The summed E-state index contributed by atoms with van der Waals surface area (Å²) in [6.07, 6.45) is 0.598. The average molecular weight is 338 g/mol. The summed E-state index contributed by atoms with van der Waals surface area (Å²) in [7, 11) is 0. The number of nitrogens with zero attached hydrogens (tertiary/aromatic N) is 1. The van der Waals surface area contributed by atoms with Gasteiger partial charge in [0.05, 0.1) is 0 Å². The number of amides is 3. The Labute approximate surface area is 123 Å². The molecule has 1 saturated heterocycles. The standard InChI is InChI=1S/C13H12BrN3O3/c14-6-3-7-8(9(15)4-6)5-17(13(7)20)10-1-2-11(18)16-12(10)19/h3-4,10H,1-2,5,15H2,(H,16,18,19). The average Bonchev–Trinajstić information content (AvgIpc) is 2.68. The molecule has 0 bridgehead atoms. The lowest BCUT2D eigenvalue weighted by Gasteiger charge is -2.29. The largest absolute Gasteiger partial charge is 0.398 e. The summed E-state index contributed by atoms with van der Waals surface area (Å²) >= 11 is 3.30. The van der Waals surface area contributed by atoms with Gasteiger partial charge >= 0.3 is 0 Å². The lowest BCUT2D eigenvalue weighted by Crippen LogP contribution is -2.52. The maximum absolute atomic E-state index is 12.4. The molecule has 1 aromatic rings. The first-order valence-corrected chi connectivity index (χ1v) is 6.99. The Morgan fingerprint density at radius 2 is 2.05 bits per heavy atom. The summed E-state index contributed by atoms with van der Waals surface area (Å²) in [5.74, 6) is -0.930. The van der Waals surface area contributed by atoms with Crippen LogP contribution < -0.4 is 11.1 Å². The van der Waals surface area contributed by atoms with Crippen LogP contribution >= 0.6 is 15.9 Å². The van der Waals surface area contributed by atoms with Crippen LogP contribution in [0.3, 0.4) is 0 Å². The number of benzene rings is 1. The van der Waals surface area contributed by atoms with E-state index in [1.165, 1.54) is 4.90 Å². The molecule has 0 aromatic heterocycles. The Morgan fingerprint density at radius 3 is 2.75 bits per heavy atom. The van der Waals surface area contributed by atoms with Gasteiger partial charge in [-0.05, 0) is 18.6 Å². The van der Waals surface area contributed by atoms with Gasteiger partial charge in [-0.3, -0.25) is 19.7 Å². The van der Waals surface area contributed by atoms with Crippen molar-refractivity contribution in [2.24, 2.45) is 0 Å². The molecule has 1 unspecified atom stereocenters. The molecule has 3 amide bonds. The fourth-order valence-electron chi connectivity index (χ4n) is 2.65. The summed E-state index contributed by atoms with van der Waals surface area (Å²) < 4.78 is 0.729. The highest BCUT2D eigenvalue weighted by molar-refractivity contribution is 9.10. The zero-order valence-corrected chi connectivity index (χ0v) is 12.1. The van der Waals surface area contributed by atoms with Gasteiger partial charge in [-0.15, -0.1) is 0 Å². The van der Waals surface area contributed by atoms with Crippen molar-refractivity contribution < 1.29 is 14.4 Å². The van der Waals surface area contributed by atoms with Crippen molar-refractivity contribution in [1.29, 1.82) is 0 Å². The van der Waals surface area contributed by atoms with E-state index in [0.717, 1.165) is 10.0 Å². The van der Waals surface area contributed by atoms with E-state index in [1.807, 2.05) is 0 Å². The minimum atomic E-state index is -0.606. The Kier molecular flexibility index (Phi) is 3.01. The predicted octanol–water partition coefficient (Wildman–Crippen LogP) is 0.792. The van der Waals surface area contributed by atoms with E-state index in [4.69, 9.17) is 5.73 Å². The van der Waals surface area contributed by atoms with Crippen LogP contribution in [0.1, 0.15) is 28.8 Å². The number of piperidine rings is 1. The fraction of sp³-hybridized carbons (Fsp3) is 0.308. The molecule has 6 nitrogen and oxygen atoms in total. The summed E-state index contributed by atoms with van der Waals surface area (Å²) in [4.78, 5) is 36.9. The predicted molar refractivity (Wildman–Crippen MR) is 74.6 cm³/mol. The zero-order valence-electron chi connectivity index (χ0n) is 10.5. The third kappa shape index (κ3) is 1.98. The number of imide groups is 1. The number of hydrogen-bond donors (Lipinski definition) is 2. The molecule has 1 fully saturated rings. The highest BCUT2D eigenvalue weighted by Crippen LogP contribution is 2.33. The van der Waals surface area contributed by atoms with Gasteiger partial charge in [0.2, 0.25) is 11.8 Å². The van der Waals surface area contributed by atoms with E-state index >= 15 is 0 Å². The monoisotopic (exact) mass is 337 g/mol. The summed E-state index contributed by atoms with van der Waals surface area (Å²) in [5, 5.41) is 2.27. The van der Waals surface area contributed by atoms with Crippen LogP contribution in [0.2, 0.25) is 0 Å². The van der Waals surface area contributed by atoms with Gasteiger partial charge in [-0.25, -0.2) is 0 Å². The minimum Gasteiger partial charge on any atom is -0.398 e. The number of hydrogen-bond acceptors (Lipinski definition) is 4. The molecule has 104 valence electrons. The van der Waals surface area contributed by atoms with Crippen LogP contribution in [-0.2, 0) is 16.1 Å². The molecule has 0 saturated carbocycles. The number of carbonyl (C=O) groups excluding carboxylic acids is 3. The van der Waals surface area contributed by atoms with Crippen molar-refractivity contribution in [2.45, 2.75) is 25.4 Å². The number of carbonyl (C=O) groups is 3. The molecule has 3 N–H and O–H groups in total. The summed E-state index contributed by atoms with van der Waals surface area (Å²) in [5.41, 5.74) is 7.70. The van der Waals surface area contributed by atoms with E-state index in [-0.39, 0.29) is 18.2 Å². The number of halogens is 1. The van der Waals surface area contributed by atoms with Gasteiger partial charge in [0, 0.05) is 34.3 Å². The van der Waals surface area contributed by atoms with E-state index in [0.29, 0.717) is 24.2 Å². The van der Waals surface area contributed by atoms with Crippen LogP contribution in [0, 0.1) is 0 Å². The van der Waals surface area contributed by atoms with Crippen molar-refractivity contribution in [2.75, 3.05) is 5.73 Å². The topological polar surface area (TPSA) is 92.5 Å². The van der Waals surface area contributed by atoms with Crippen molar-refractivity contribution in [3.05, 3.63) is 27.7 Å². The third-order valence-electron chi connectivity index (χ3n) is 3.66. The normalized spacial score (nSPS) is 21.9. The first-order chi connectivity index (χ1) is 9.47. The highest BCUT2D eigenvalue weighted by atomic mass is 79.9. The maximum atomic E-state index is 12.4. The number of nitrogens with two attached hydrogens (primary N) is 1. The van der Waals surface area contributed by atoms with Gasteiger partial charge in [0.1, 0.15) is 6.04 Å². The zero-order chi connectivity index (χ0) is 14.4. The Hall–Kier alpha value is -1.89. The van der Waals surface area contributed by atoms with Gasteiger partial charge in [0.15, 0.2) is 0 Å². The Bertz CT molecular complexity index is 644. The quantitative estimate of drug-likeness (QED) is 0.585. The SMILES string of the molecule is Nc1cc(Br)cc2c1CN(C1CCC(=O)NC1=O)C2=O. The van der Waals surface area contributed by atoms with Crippen molar-refractivity contribution in [3.63, 3.8) is 0 Å². The summed E-state index contributed by atoms with van der Waals surface area (Å²) in [6, 6.07) is 2.84. The van der Waals surface area contributed by atoms with Crippen molar-refractivity contribution in [1.82, 2.24) is 10.2 Å². The number of nitrogens with one attached hydrogen (secondary N) is 1. The van der Waals surface area contributed by atoms with E-state index in [9.17, 15) is 14.4 Å². The molecule has 2 heterocycles. The van der Waals surface area contributed by atoms with Gasteiger partial charge in [-0.1, -0.05) is 15.9 Å². The molecule has 2 aliphatic rings. The third-order valence-corrected chi connectivity index (χ3v) is 4.11. The molecule has 20 heavy (non-hydrogen) atoms. The van der Waals surface area contributed by atoms with E-state index in [1.54, 1.807) is 12.1 Å². The first kappa shape index (κ1) is 13.1. The molecule has 0 spiro atoms. The second-order valence-electron chi connectivity index (χ2n) is 4.92. The fourth-order valence-corrected chi connectivity index (χ4v) is 3.13. The molecule has 1 aromatic carbocycles. The van der Waals surface area contributed by atoms with E-state index < -0.39 is 11.9 Å². The molecule has 0 radical (unpaired) electrons. The molecule has 1 atom stereocenters. The molecule has 7 heteroatoms. The van der Waals surface area contributed by atoms with Crippen molar-refractivity contribution >= 4 is 39.3 Å². The van der Waals surface area contributed by atoms with Crippen molar-refractivity contribution in [3.8, 4) is 0 Å². The number of anilines is 1. The highest BCUT2D eigenvalue weighted by Gasteiger charge is 2.39. The molecular formula is C13H12BrN3O3. The van der Waals surface area contributed by atoms with Crippen LogP contribution in [0.5, 0.6) is 0 Å². The second-order valence-corrected chi connectivity index (χ2v) is 5.84. The molecule has 0 aliphatic carbocycles. The smallest absolute Gasteiger partial charge is 0.255 e. The Morgan fingerprint density at radius 1 is 1.30 bits per heavy atom. The van der Waals surface area contributed by atoms with Crippen LogP contribution in [0.15, 0.2) is 16.6 Å². The molecule has 2 aliphatic heterocycles. The van der Waals surface area contributed by atoms with Crippen LogP contribution in [-0.4, -0.2) is 28.7 Å². The molecular weight excluding hydrogens is 326 g/mol. The number of nitrogen functional groups attached to an aromatic ring is 1. The first-order valence-electron chi connectivity index (χ1n) is 6.20. The van der Waals surface area contributed by atoms with Gasteiger partial charge < -0.3 is 10.6 Å². The van der Waals surface area contributed by atoms with Gasteiger partial charge in [0.25, 0.3) is 5.91 Å².